The van der Waals surface area contributed by atoms with Crippen LogP contribution in [-0.2, 0) is 5.41 Å². The Bertz CT molecular complexity index is 2000. The molecule has 0 radical (unpaired) electrons. The lowest BCUT2D eigenvalue weighted by atomic mass is 9.77. The number of fused-ring (bicyclic) bond motifs is 4. The topological polar surface area (TPSA) is 0 Å². The monoisotopic (exact) mass is 486 g/mol. The maximum Gasteiger partial charge on any atom is -0.00264 e. The number of hydrogen-bond donors (Lipinski definition) is 0. The second-order valence-electron chi connectivity index (χ2n) is 11.4. The minimum absolute atomic E-state index is 0.0121. The fourth-order valence-electron chi connectivity index (χ4n) is 6.19. The average Bonchev–Trinajstić information content (AvgIpc) is 2.94. The van der Waals surface area contributed by atoms with Gasteiger partial charge in [0, 0.05) is 0 Å². The van der Waals surface area contributed by atoms with Crippen LogP contribution >= 0.6 is 0 Å². The third-order valence-corrected chi connectivity index (χ3v) is 7.89. The largest absolute Gasteiger partial charge is 0.0616 e. The summed E-state index contributed by atoms with van der Waals surface area (Å²) in [4.78, 5) is 0. The van der Waals surface area contributed by atoms with Crippen molar-refractivity contribution in [2.75, 3.05) is 0 Å². The van der Waals surface area contributed by atoms with E-state index in [1.807, 2.05) is 0 Å². The predicted octanol–water partition coefficient (Wildman–Crippen LogP) is 10.9. The molecule has 0 N–H and O–H groups in total. The van der Waals surface area contributed by atoms with Crippen molar-refractivity contribution in [3.63, 3.8) is 0 Å². The first-order valence-corrected chi connectivity index (χ1v) is 13.4. The number of rotatable bonds is 2. The van der Waals surface area contributed by atoms with Gasteiger partial charge in [0.2, 0.25) is 0 Å². The molecule has 0 heteroatoms. The van der Waals surface area contributed by atoms with Crippen LogP contribution in [0.2, 0.25) is 0 Å². The van der Waals surface area contributed by atoms with E-state index >= 15 is 0 Å². The van der Waals surface area contributed by atoms with Crippen molar-refractivity contribution >= 4 is 43.1 Å². The van der Waals surface area contributed by atoms with E-state index in [-0.39, 0.29) is 5.41 Å². The fourth-order valence-corrected chi connectivity index (χ4v) is 6.19. The van der Waals surface area contributed by atoms with Gasteiger partial charge in [-0.2, -0.15) is 0 Å². The number of benzene rings is 7. The zero-order chi connectivity index (χ0) is 25.9. The smallest absolute Gasteiger partial charge is 0.00264 e. The van der Waals surface area contributed by atoms with Crippen molar-refractivity contribution in [2.45, 2.75) is 26.2 Å². The maximum absolute atomic E-state index is 2.43. The van der Waals surface area contributed by atoms with Gasteiger partial charge in [-0.15, -0.1) is 0 Å². The zero-order valence-electron chi connectivity index (χ0n) is 22.1. The molecule has 0 nitrogen and oxygen atoms in total. The van der Waals surface area contributed by atoms with Gasteiger partial charge in [0.15, 0.2) is 0 Å². The van der Waals surface area contributed by atoms with Crippen LogP contribution in [0.1, 0.15) is 26.3 Å². The van der Waals surface area contributed by atoms with E-state index in [1.54, 1.807) is 0 Å². The lowest BCUT2D eigenvalue weighted by Crippen LogP contribution is -2.13. The molecule has 0 bridgehead atoms. The summed E-state index contributed by atoms with van der Waals surface area (Å²) >= 11 is 0. The minimum atomic E-state index is -0.0121. The summed E-state index contributed by atoms with van der Waals surface area (Å²) in [6, 6.07) is 47.0. The lowest BCUT2D eigenvalue weighted by molar-refractivity contribution is 0.601. The second-order valence-corrected chi connectivity index (χ2v) is 11.4. The first kappa shape index (κ1) is 22.8. The molecule has 7 aromatic rings. The molecule has 0 heterocycles. The molecule has 0 atom stereocenters. The molecule has 0 saturated carbocycles. The molecule has 0 aliphatic heterocycles. The zero-order valence-corrected chi connectivity index (χ0v) is 22.1. The third kappa shape index (κ3) is 3.68. The summed E-state index contributed by atoms with van der Waals surface area (Å²) in [5, 5.41) is 10.4. The molecule has 0 aliphatic rings. The Kier molecular flexibility index (Phi) is 5.13. The summed E-state index contributed by atoms with van der Waals surface area (Å²) in [5.74, 6) is 0. The molecule has 0 aliphatic carbocycles. The highest BCUT2D eigenvalue weighted by atomic mass is 14.3. The van der Waals surface area contributed by atoms with Crippen LogP contribution in [0.15, 0.2) is 127 Å². The van der Waals surface area contributed by atoms with Crippen LogP contribution in [0.3, 0.4) is 0 Å². The van der Waals surface area contributed by atoms with Crippen molar-refractivity contribution in [3.8, 4) is 22.3 Å². The Balaban J connectivity index is 1.58. The Hall–Kier alpha value is -4.42. The fraction of sp³-hybridized carbons (Fsp3) is 0.105. The quantitative estimate of drug-likeness (QED) is 0.213. The van der Waals surface area contributed by atoms with Crippen LogP contribution < -0.4 is 0 Å². The van der Waals surface area contributed by atoms with E-state index in [4.69, 9.17) is 0 Å². The third-order valence-electron chi connectivity index (χ3n) is 7.89. The molecule has 0 unspecified atom stereocenters. The van der Waals surface area contributed by atoms with E-state index in [2.05, 4.69) is 148 Å². The van der Waals surface area contributed by atoms with Crippen LogP contribution in [0.5, 0.6) is 0 Å². The Labute approximate surface area is 224 Å². The van der Waals surface area contributed by atoms with Crippen LogP contribution in [-0.4, -0.2) is 0 Å². The second kappa shape index (κ2) is 8.57. The molecule has 0 spiro atoms. The van der Waals surface area contributed by atoms with Gasteiger partial charge in [-0.1, -0.05) is 130 Å². The summed E-state index contributed by atoms with van der Waals surface area (Å²) in [5.41, 5.74) is 6.50. The molecule has 0 saturated heterocycles. The molecular weight excluding hydrogens is 456 g/mol. The van der Waals surface area contributed by atoms with Crippen molar-refractivity contribution in [2.24, 2.45) is 0 Å². The van der Waals surface area contributed by atoms with Crippen LogP contribution in [0.25, 0.3) is 65.3 Å². The summed E-state index contributed by atoms with van der Waals surface area (Å²) < 4.78 is 0. The highest BCUT2D eigenvalue weighted by Gasteiger charge is 2.24. The summed E-state index contributed by atoms with van der Waals surface area (Å²) in [6.07, 6.45) is 0. The Morgan fingerprint density at radius 1 is 0.368 bits per heavy atom. The van der Waals surface area contributed by atoms with Crippen molar-refractivity contribution in [1.29, 1.82) is 0 Å². The van der Waals surface area contributed by atoms with Gasteiger partial charge in [0.1, 0.15) is 0 Å². The standard InChI is InChI=1S/C38H30/c1-38(2,3)37-34-15-9-8-14-32(34)36(31-19-17-26-11-5-7-13-28(26)23-31)33-21-20-30(24-35(33)37)29-18-16-25-10-4-6-12-27(25)22-29/h4-24H,1-3H3. The normalized spacial score (nSPS) is 12.1. The molecule has 0 amide bonds. The van der Waals surface area contributed by atoms with Crippen molar-refractivity contribution in [3.05, 3.63) is 133 Å². The molecule has 7 aromatic carbocycles. The molecule has 7 rings (SSSR count). The Morgan fingerprint density at radius 3 is 1.50 bits per heavy atom. The van der Waals surface area contributed by atoms with E-state index in [9.17, 15) is 0 Å². The van der Waals surface area contributed by atoms with Gasteiger partial charge >= 0.3 is 0 Å². The maximum atomic E-state index is 2.43. The van der Waals surface area contributed by atoms with Gasteiger partial charge in [0.05, 0.1) is 0 Å². The predicted molar refractivity (Wildman–Crippen MR) is 166 cm³/mol. The van der Waals surface area contributed by atoms with Gasteiger partial charge < -0.3 is 0 Å². The molecular formula is C38H30. The van der Waals surface area contributed by atoms with Gasteiger partial charge in [0.25, 0.3) is 0 Å². The highest BCUT2D eigenvalue weighted by molar-refractivity contribution is 6.16. The van der Waals surface area contributed by atoms with E-state index in [0.29, 0.717) is 0 Å². The molecule has 0 fully saturated rings. The Morgan fingerprint density at radius 2 is 0.842 bits per heavy atom. The first-order valence-electron chi connectivity index (χ1n) is 13.4. The van der Waals surface area contributed by atoms with Crippen LogP contribution in [0, 0.1) is 0 Å². The van der Waals surface area contributed by atoms with E-state index in [0.717, 1.165) is 0 Å². The van der Waals surface area contributed by atoms with Gasteiger partial charge in [-0.25, -0.2) is 0 Å². The average molecular weight is 487 g/mol. The molecule has 0 aromatic heterocycles. The van der Waals surface area contributed by atoms with E-state index in [1.165, 1.54) is 70.9 Å². The highest BCUT2D eigenvalue weighted by Crippen LogP contribution is 2.45. The van der Waals surface area contributed by atoms with Gasteiger partial charge in [-0.3, -0.25) is 0 Å². The number of hydrogen-bond acceptors (Lipinski definition) is 0. The SMILES string of the molecule is CC(C)(C)c1c2ccccc2c(-c2ccc3ccccc3c2)c2ccc(-c3ccc4ccccc4c3)cc12. The van der Waals surface area contributed by atoms with Gasteiger partial charge in [-0.05, 0) is 94.5 Å². The summed E-state index contributed by atoms with van der Waals surface area (Å²) in [7, 11) is 0. The molecule has 38 heavy (non-hydrogen) atoms. The van der Waals surface area contributed by atoms with Crippen LogP contribution in [0.4, 0.5) is 0 Å². The van der Waals surface area contributed by atoms with E-state index < -0.39 is 0 Å². The first-order chi connectivity index (χ1) is 18.5. The summed E-state index contributed by atoms with van der Waals surface area (Å²) in [6.45, 7) is 7.02. The van der Waals surface area contributed by atoms with Crippen molar-refractivity contribution < 1.29 is 0 Å². The van der Waals surface area contributed by atoms with Crippen molar-refractivity contribution in [1.82, 2.24) is 0 Å². The minimum Gasteiger partial charge on any atom is -0.0616 e. The molecule has 182 valence electrons. The lowest BCUT2D eigenvalue weighted by Gasteiger charge is -2.26.